The molecule has 5 heteroatoms. The van der Waals surface area contributed by atoms with E-state index in [9.17, 15) is 4.79 Å². The smallest absolute Gasteiger partial charge is 0.330 e. The molecule has 1 saturated carbocycles. The Hall–Kier alpha value is -2.17. The minimum absolute atomic E-state index is 0.261. The number of hydrogen-bond donors (Lipinski definition) is 1. The van der Waals surface area contributed by atoms with Crippen LogP contribution in [0.5, 0.6) is 0 Å². The topological polar surface area (TPSA) is 57.1 Å². The van der Waals surface area contributed by atoms with Crippen LogP contribution >= 0.6 is 0 Å². The molecule has 1 N–H and O–H groups in total. The molecule has 3 aliphatic rings. The molecule has 0 bridgehead atoms. The number of urea groups is 1. The van der Waals surface area contributed by atoms with Crippen molar-refractivity contribution in [1.82, 2.24) is 5.32 Å². The summed E-state index contributed by atoms with van der Waals surface area (Å²) in [6.45, 7) is 5.61. The summed E-state index contributed by atoms with van der Waals surface area (Å²) < 4.78 is 0. The number of hydrogen-bond acceptors (Lipinski definition) is 3. The van der Waals surface area contributed by atoms with Gasteiger partial charge in [0.1, 0.15) is 5.71 Å². The van der Waals surface area contributed by atoms with Gasteiger partial charge in [0.25, 0.3) is 0 Å². The Balaban J connectivity index is 1.59. The Bertz CT molecular complexity index is 774. The van der Waals surface area contributed by atoms with Crippen molar-refractivity contribution in [2.75, 3.05) is 18.0 Å². The molecule has 2 amide bonds. The largest absolute Gasteiger partial charge is 0.343 e. The van der Waals surface area contributed by atoms with Gasteiger partial charge in [0.2, 0.25) is 0 Å². The van der Waals surface area contributed by atoms with Crippen LogP contribution in [0.25, 0.3) is 0 Å². The molecule has 2 heterocycles. The van der Waals surface area contributed by atoms with Crippen LogP contribution < -0.4 is 10.2 Å². The summed E-state index contributed by atoms with van der Waals surface area (Å²) in [6.07, 6.45) is 9.34. The predicted octanol–water partition coefficient (Wildman–Crippen LogP) is 4.68. The van der Waals surface area contributed by atoms with E-state index in [1.54, 1.807) is 0 Å². The van der Waals surface area contributed by atoms with E-state index in [2.05, 4.69) is 41.2 Å². The van der Waals surface area contributed by atoms with Gasteiger partial charge in [-0.1, -0.05) is 32.1 Å². The van der Waals surface area contributed by atoms with E-state index in [0.29, 0.717) is 6.54 Å². The number of nitrogens with zero attached hydrogens (tertiary/aromatic N) is 3. The molecule has 26 heavy (non-hydrogen) atoms. The summed E-state index contributed by atoms with van der Waals surface area (Å²) in [5.74, 6) is 1.62. The van der Waals surface area contributed by atoms with Gasteiger partial charge in [-0.3, -0.25) is 0 Å². The molecule has 1 aromatic rings. The monoisotopic (exact) mass is 352 g/mol. The van der Waals surface area contributed by atoms with Gasteiger partial charge in [-0.05, 0) is 55.9 Å². The fourth-order valence-electron chi connectivity index (χ4n) is 4.34. The van der Waals surface area contributed by atoms with Crippen LogP contribution in [0.1, 0.15) is 56.1 Å². The molecule has 138 valence electrons. The van der Waals surface area contributed by atoms with Crippen LogP contribution in [0.4, 0.5) is 16.2 Å². The van der Waals surface area contributed by atoms with Crippen LogP contribution in [0.15, 0.2) is 22.1 Å². The fourth-order valence-corrected chi connectivity index (χ4v) is 4.34. The second kappa shape index (κ2) is 7.22. The van der Waals surface area contributed by atoms with Gasteiger partial charge in [-0.25, -0.2) is 9.79 Å². The quantitative estimate of drug-likeness (QED) is 0.855. The van der Waals surface area contributed by atoms with Crippen molar-refractivity contribution in [3.05, 3.63) is 23.3 Å². The molecule has 0 aromatic heterocycles. The molecule has 1 aliphatic carbocycles. The number of benzene rings is 1. The van der Waals surface area contributed by atoms with E-state index in [0.717, 1.165) is 41.8 Å². The van der Waals surface area contributed by atoms with Crippen LogP contribution in [0.3, 0.4) is 0 Å². The standard InChI is InChI=1S/C21H28N4O/c1-14-11-17-19(12-15(14)2)25(10-6-9-16-7-4-3-5-8-16)20-18(23-17)13-22-21(26)24-20/h11-12,16H,3-10,13H2,1-2H3,(H,22,26). The summed E-state index contributed by atoms with van der Waals surface area (Å²) >= 11 is 0. The Kier molecular flexibility index (Phi) is 4.79. The van der Waals surface area contributed by atoms with Crippen molar-refractivity contribution < 1.29 is 4.79 Å². The Morgan fingerprint density at radius 2 is 1.88 bits per heavy atom. The first-order valence-corrected chi connectivity index (χ1v) is 9.95. The van der Waals surface area contributed by atoms with Gasteiger partial charge >= 0.3 is 6.03 Å². The molecular formula is C21H28N4O. The zero-order valence-electron chi connectivity index (χ0n) is 15.8. The Labute approximate surface area is 155 Å². The zero-order chi connectivity index (χ0) is 18.1. The van der Waals surface area contributed by atoms with Gasteiger partial charge in [0.15, 0.2) is 5.84 Å². The molecule has 0 atom stereocenters. The second-order valence-electron chi connectivity index (χ2n) is 7.88. The lowest BCUT2D eigenvalue weighted by molar-refractivity contribution is 0.250. The van der Waals surface area contributed by atoms with Crippen LogP contribution in [-0.2, 0) is 0 Å². The maximum Gasteiger partial charge on any atom is 0.343 e. The average molecular weight is 352 g/mol. The molecule has 2 aliphatic heterocycles. The lowest BCUT2D eigenvalue weighted by atomic mass is 9.86. The Morgan fingerprint density at radius 1 is 1.12 bits per heavy atom. The van der Waals surface area contributed by atoms with Crippen LogP contribution in [0, 0.1) is 19.8 Å². The van der Waals surface area contributed by atoms with Crippen molar-refractivity contribution in [3.8, 4) is 0 Å². The lowest BCUT2D eigenvalue weighted by Crippen LogP contribution is -2.48. The molecule has 0 radical (unpaired) electrons. The molecule has 0 saturated heterocycles. The fraction of sp³-hybridized carbons (Fsp3) is 0.571. The number of carbonyl (C=O) groups is 1. The molecule has 0 spiro atoms. The van der Waals surface area contributed by atoms with E-state index >= 15 is 0 Å². The third-order valence-electron chi connectivity index (χ3n) is 5.98. The molecule has 1 aromatic carbocycles. The number of amidine groups is 1. The number of aryl methyl sites for hydroxylation is 2. The highest BCUT2D eigenvalue weighted by molar-refractivity contribution is 6.51. The number of fused-ring (bicyclic) bond motifs is 2. The summed E-state index contributed by atoms with van der Waals surface area (Å²) in [5, 5.41) is 2.78. The zero-order valence-corrected chi connectivity index (χ0v) is 15.8. The minimum atomic E-state index is -0.261. The van der Waals surface area contributed by atoms with Gasteiger partial charge in [0, 0.05) is 6.54 Å². The average Bonchev–Trinajstić information content (AvgIpc) is 2.64. The summed E-state index contributed by atoms with van der Waals surface area (Å²) in [6, 6.07) is 4.09. The lowest BCUT2D eigenvalue weighted by Gasteiger charge is -2.34. The van der Waals surface area contributed by atoms with E-state index in [1.807, 2.05) is 0 Å². The summed E-state index contributed by atoms with van der Waals surface area (Å²) in [7, 11) is 0. The molecular weight excluding hydrogens is 324 g/mol. The highest BCUT2D eigenvalue weighted by Gasteiger charge is 2.30. The van der Waals surface area contributed by atoms with Crippen molar-refractivity contribution in [1.29, 1.82) is 0 Å². The predicted molar refractivity (Wildman–Crippen MR) is 107 cm³/mol. The van der Waals surface area contributed by atoms with Crippen molar-refractivity contribution in [2.24, 2.45) is 15.9 Å². The third-order valence-corrected chi connectivity index (χ3v) is 5.98. The van der Waals surface area contributed by atoms with Gasteiger partial charge < -0.3 is 10.2 Å². The highest BCUT2D eigenvalue weighted by atomic mass is 16.2. The van der Waals surface area contributed by atoms with Crippen molar-refractivity contribution in [3.63, 3.8) is 0 Å². The van der Waals surface area contributed by atoms with Gasteiger partial charge in [-0.2, -0.15) is 4.99 Å². The maximum absolute atomic E-state index is 11.8. The SMILES string of the molecule is Cc1cc2c(cc1C)N(CCCC1CCCCC1)C1=NC(=O)NCC1=N2. The van der Waals surface area contributed by atoms with Gasteiger partial charge in [0.05, 0.1) is 17.9 Å². The summed E-state index contributed by atoms with van der Waals surface area (Å²) in [5.41, 5.74) is 5.46. The first-order chi connectivity index (χ1) is 12.6. The Morgan fingerprint density at radius 3 is 2.69 bits per heavy atom. The number of aliphatic imine (C=N–C) groups is 2. The highest BCUT2D eigenvalue weighted by Crippen LogP contribution is 2.36. The summed E-state index contributed by atoms with van der Waals surface area (Å²) in [4.78, 5) is 23.1. The molecule has 4 rings (SSSR count). The number of carbonyl (C=O) groups excluding carboxylic acids is 1. The van der Waals surface area contributed by atoms with Crippen LogP contribution in [-0.4, -0.2) is 30.7 Å². The van der Waals surface area contributed by atoms with Crippen molar-refractivity contribution >= 4 is 29.0 Å². The van der Waals surface area contributed by atoms with Crippen molar-refractivity contribution in [2.45, 2.75) is 58.8 Å². The number of nitrogens with one attached hydrogen (secondary N) is 1. The molecule has 5 nitrogen and oxygen atoms in total. The van der Waals surface area contributed by atoms with E-state index < -0.39 is 0 Å². The van der Waals surface area contributed by atoms with Gasteiger partial charge in [-0.15, -0.1) is 0 Å². The first kappa shape index (κ1) is 17.3. The van der Waals surface area contributed by atoms with E-state index in [-0.39, 0.29) is 6.03 Å². The first-order valence-electron chi connectivity index (χ1n) is 9.95. The number of rotatable bonds is 4. The second-order valence-corrected chi connectivity index (χ2v) is 7.88. The van der Waals surface area contributed by atoms with E-state index in [1.165, 1.54) is 49.7 Å². The minimum Gasteiger partial charge on any atom is -0.330 e. The number of anilines is 1. The van der Waals surface area contributed by atoms with Crippen LogP contribution in [0.2, 0.25) is 0 Å². The normalized spacial score (nSPS) is 20.1. The third kappa shape index (κ3) is 3.39. The van der Waals surface area contributed by atoms with E-state index in [4.69, 9.17) is 4.99 Å². The maximum atomic E-state index is 11.8. The number of amides is 2. The molecule has 1 fully saturated rings. The molecule has 0 unspecified atom stereocenters.